The molecule has 3 N–H and O–H groups in total. The van der Waals surface area contributed by atoms with Gasteiger partial charge in [0.25, 0.3) is 5.91 Å². The summed E-state index contributed by atoms with van der Waals surface area (Å²) in [5.41, 5.74) is 1.25. The highest BCUT2D eigenvalue weighted by Gasteiger charge is 2.29. The van der Waals surface area contributed by atoms with Crippen LogP contribution in [0.2, 0.25) is 0 Å². The molecule has 0 aliphatic heterocycles. The number of methoxy groups -OCH3 is 1. The van der Waals surface area contributed by atoms with E-state index in [1.54, 1.807) is 7.11 Å². The number of fused-ring (bicyclic) bond motifs is 1. The third kappa shape index (κ3) is 2.71. The van der Waals surface area contributed by atoms with E-state index in [4.69, 9.17) is 17.0 Å². The van der Waals surface area contributed by atoms with E-state index in [0.717, 1.165) is 19.3 Å². The fourth-order valence-corrected chi connectivity index (χ4v) is 3.12. The number of imidazole rings is 1. The average molecular weight is 309 g/mol. The first-order valence-corrected chi connectivity index (χ1v) is 7.24. The highest BCUT2D eigenvalue weighted by atomic mass is 32.1. The molecule has 1 amide bonds. The van der Waals surface area contributed by atoms with Gasteiger partial charge >= 0.3 is 0 Å². The van der Waals surface area contributed by atoms with E-state index in [1.807, 2.05) is 0 Å². The van der Waals surface area contributed by atoms with E-state index in [-0.39, 0.29) is 23.6 Å². The number of hydrogen-bond acceptors (Lipinski definition) is 3. The van der Waals surface area contributed by atoms with Crippen molar-refractivity contribution in [1.82, 2.24) is 15.3 Å². The Labute approximate surface area is 125 Å². The Morgan fingerprint density at radius 3 is 3.00 bits per heavy atom. The van der Waals surface area contributed by atoms with Crippen LogP contribution in [-0.2, 0) is 4.74 Å². The molecule has 2 atom stereocenters. The maximum absolute atomic E-state index is 13.7. The molecule has 112 valence electrons. The van der Waals surface area contributed by atoms with Crippen LogP contribution < -0.4 is 5.32 Å². The van der Waals surface area contributed by atoms with E-state index in [0.29, 0.717) is 15.8 Å². The summed E-state index contributed by atoms with van der Waals surface area (Å²) < 4.78 is 19.4. The van der Waals surface area contributed by atoms with E-state index in [1.165, 1.54) is 12.1 Å². The molecule has 7 heteroatoms. The molecule has 0 bridgehead atoms. The quantitative estimate of drug-likeness (QED) is 0.763. The molecule has 1 fully saturated rings. The first-order valence-electron chi connectivity index (χ1n) is 6.83. The van der Waals surface area contributed by atoms with Crippen LogP contribution in [0.1, 0.15) is 29.6 Å². The lowest BCUT2D eigenvalue weighted by molar-refractivity contribution is 0.0723. The minimum absolute atomic E-state index is 0.0164. The number of rotatable bonds is 3. The van der Waals surface area contributed by atoms with Gasteiger partial charge in [0.2, 0.25) is 0 Å². The number of carbonyl (C=O) groups is 1. The summed E-state index contributed by atoms with van der Waals surface area (Å²) in [6.45, 7) is 0. The minimum Gasteiger partial charge on any atom is -0.379 e. The highest BCUT2D eigenvalue weighted by Crippen LogP contribution is 2.23. The first kappa shape index (κ1) is 14.2. The molecule has 0 unspecified atom stereocenters. The van der Waals surface area contributed by atoms with Crippen LogP contribution in [0.4, 0.5) is 4.39 Å². The molecule has 1 aromatic heterocycles. The van der Waals surface area contributed by atoms with Crippen LogP contribution in [0, 0.1) is 10.6 Å². The Morgan fingerprint density at radius 2 is 2.24 bits per heavy atom. The molecule has 1 saturated carbocycles. The smallest absolute Gasteiger partial charge is 0.253 e. The van der Waals surface area contributed by atoms with Crippen molar-refractivity contribution in [1.29, 1.82) is 0 Å². The Hall–Kier alpha value is -1.73. The largest absolute Gasteiger partial charge is 0.379 e. The van der Waals surface area contributed by atoms with Crippen molar-refractivity contribution in [2.24, 2.45) is 0 Å². The summed E-state index contributed by atoms with van der Waals surface area (Å²) in [7, 11) is 1.64. The molecule has 1 aromatic carbocycles. The average Bonchev–Trinajstić information content (AvgIpc) is 3.02. The SMILES string of the molecule is CO[C@H]1CCC[C@@H]1NC(=O)c1cc(F)cc2[nH]c(=S)[nH]c12. The second-order valence-corrected chi connectivity index (χ2v) is 5.65. The maximum atomic E-state index is 13.7. The topological polar surface area (TPSA) is 69.9 Å². The second kappa shape index (κ2) is 5.57. The number of carbonyl (C=O) groups excluding carboxylic acids is 1. The standard InChI is InChI=1S/C14H16FN3O2S/c1-20-11-4-2-3-9(11)16-13(19)8-5-7(15)6-10-12(8)18-14(21)17-10/h5-6,9,11H,2-4H2,1H3,(H,16,19)(H2,17,18,21)/t9-,11-/m0/s1. The molecule has 3 rings (SSSR count). The summed E-state index contributed by atoms with van der Waals surface area (Å²) in [5, 5.41) is 2.93. The van der Waals surface area contributed by atoms with Crippen molar-refractivity contribution in [2.45, 2.75) is 31.4 Å². The van der Waals surface area contributed by atoms with Crippen molar-refractivity contribution in [3.8, 4) is 0 Å². The maximum Gasteiger partial charge on any atom is 0.253 e. The molecule has 0 spiro atoms. The lowest BCUT2D eigenvalue weighted by Crippen LogP contribution is -2.40. The molecular formula is C14H16FN3O2S. The van der Waals surface area contributed by atoms with Gasteiger partial charge in [0.1, 0.15) is 5.82 Å². The van der Waals surface area contributed by atoms with Crippen LogP contribution in [-0.4, -0.2) is 35.1 Å². The van der Waals surface area contributed by atoms with E-state index >= 15 is 0 Å². The van der Waals surface area contributed by atoms with Gasteiger partial charge in [-0.25, -0.2) is 4.39 Å². The molecule has 2 aromatic rings. The number of amides is 1. The number of aromatic nitrogens is 2. The Bertz CT molecular complexity index is 739. The molecule has 1 aliphatic rings. The summed E-state index contributed by atoms with van der Waals surface area (Å²) in [4.78, 5) is 18.1. The van der Waals surface area contributed by atoms with Crippen LogP contribution in [0.25, 0.3) is 11.0 Å². The lowest BCUT2D eigenvalue weighted by atomic mass is 10.1. The predicted molar refractivity (Wildman–Crippen MR) is 79.3 cm³/mol. The Kier molecular flexibility index (Phi) is 3.77. The Balaban J connectivity index is 1.92. The number of H-pyrrole nitrogens is 2. The monoisotopic (exact) mass is 309 g/mol. The molecule has 0 radical (unpaired) electrons. The normalized spacial score (nSPS) is 21.8. The summed E-state index contributed by atoms with van der Waals surface area (Å²) in [6.07, 6.45) is 2.82. The van der Waals surface area contributed by atoms with Crippen molar-refractivity contribution in [2.75, 3.05) is 7.11 Å². The van der Waals surface area contributed by atoms with Crippen molar-refractivity contribution < 1.29 is 13.9 Å². The van der Waals surface area contributed by atoms with Gasteiger partial charge in [0, 0.05) is 7.11 Å². The van der Waals surface area contributed by atoms with E-state index < -0.39 is 5.82 Å². The third-order valence-corrected chi connectivity index (χ3v) is 4.11. The van der Waals surface area contributed by atoms with Crippen LogP contribution in [0.3, 0.4) is 0 Å². The fourth-order valence-electron chi connectivity index (χ4n) is 2.91. The zero-order chi connectivity index (χ0) is 15.0. The lowest BCUT2D eigenvalue weighted by Gasteiger charge is -2.19. The number of hydrogen-bond donors (Lipinski definition) is 3. The molecule has 21 heavy (non-hydrogen) atoms. The van der Waals surface area contributed by atoms with Crippen LogP contribution in [0.5, 0.6) is 0 Å². The van der Waals surface area contributed by atoms with Gasteiger partial charge in [-0.15, -0.1) is 0 Å². The van der Waals surface area contributed by atoms with Gasteiger partial charge < -0.3 is 20.0 Å². The summed E-state index contributed by atoms with van der Waals surface area (Å²) in [5.74, 6) is -0.800. The van der Waals surface area contributed by atoms with Gasteiger partial charge in [0.05, 0.1) is 28.7 Å². The minimum atomic E-state index is -0.479. The Morgan fingerprint density at radius 1 is 1.43 bits per heavy atom. The molecule has 1 aliphatic carbocycles. The van der Waals surface area contributed by atoms with Gasteiger partial charge in [-0.3, -0.25) is 4.79 Å². The molecule has 5 nitrogen and oxygen atoms in total. The van der Waals surface area contributed by atoms with E-state index in [9.17, 15) is 9.18 Å². The number of nitrogens with one attached hydrogen (secondary N) is 3. The van der Waals surface area contributed by atoms with Gasteiger partial charge in [-0.1, -0.05) is 0 Å². The van der Waals surface area contributed by atoms with Crippen molar-refractivity contribution in [3.05, 3.63) is 28.3 Å². The number of ether oxygens (including phenoxy) is 1. The van der Waals surface area contributed by atoms with Crippen molar-refractivity contribution >= 4 is 29.2 Å². The molecular weight excluding hydrogens is 293 g/mol. The second-order valence-electron chi connectivity index (χ2n) is 5.24. The van der Waals surface area contributed by atoms with Gasteiger partial charge in [-0.2, -0.15) is 0 Å². The number of aromatic amines is 2. The van der Waals surface area contributed by atoms with Crippen molar-refractivity contribution in [3.63, 3.8) is 0 Å². The van der Waals surface area contributed by atoms with Crippen LogP contribution >= 0.6 is 12.2 Å². The summed E-state index contributed by atoms with van der Waals surface area (Å²) >= 11 is 5.00. The van der Waals surface area contributed by atoms with E-state index in [2.05, 4.69) is 15.3 Å². The zero-order valence-corrected chi connectivity index (χ0v) is 12.3. The van der Waals surface area contributed by atoms with Gasteiger partial charge in [-0.05, 0) is 43.6 Å². The first-order chi connectivity index (χ1) is 10.1. The van der Waals surface area contributed by atoms with Gasteiger partial charge in [0.15, 0.2) is 4.77 Å². The van der Waals surface area contributed by atoms with Crippen LogP contribution in [0.15, 0.2) is 12.1 Å². The summed E-state index contributed by atoms with van der Waals surface area (Å²) in [6, 6.07) is 2.49. The number of benzene rings is 1. The third-order valence-electron chi connectivity index (χ3n) is 3.91. The molecule has 0 saturated heterocycles. The molecule has 1 heterocycles. The highest BCUT2D eigenvalue weighted by molar-refractivity contribution is 7.71. The predicted octanol–water partition coefficient (Wildman–Crippen LogP) is 2.66. The zero-order valence-electron chi connectivity index (χ0n) is 11.5. The fraction of sp³-hybridized carbons (Fsp3) is 0.429. The number of halogens is 1.